The van der Waals surface area contributed by atoms with Crippen molar-refractivity contribution in [3.8, 4) is 0 Å². The van der Waals surface area contributed by atoms with Crippen LogP contribution in [0.3, 0.4) is 0 Å². The molecule has 0 saturated heterocycles. The molecular weight excluding hydrogens is 380 g/mol. The highest BCUT2D eigenvalue weighted by Crippen LogP contribution is 2.09. The first kappa shape index (κ1) is 23.2. The summed E-state index contributed by atoms with van der Waals surface area (Å²) in [6.07, 6.45) is 0. The van der Waals surface area contributed by atoms with Gasteiger partial charge in [-0.15, -0.1) is 0 Å². The Labute approximate surface area is 188 Å². The van der Waals surface area contributed by atoms with E-state index >= 15 is 0 Å². The van der Waals surface area contributed by atoms with Crippen molar-refractivity contribution in [2.75, 3.05) is 41.1 Å². The molecule has 164 valence electrons. The van der Waals surface area contributed by atoms with Crippen LogP contribution in [0.4, 0.5) is 0 Å². The molecule has 0 aromatic heterocycles. The van der Waals surface area contributed by atoms with E-state index in [-0.39, 0.29) is 0 Å². The first-order valence-electron chi connectivity index (χ1n) is 11.0. The summed E-state index contributed by atoms with van der Waals surface area (Å²) in [5, 5.41) is 0. The molecule has 4 nitrogen and oxygen atoms in total. The van der Waals surface area contributed by atoms with Gasteiger partial charge in [0.2, 0.25) is 0 Å². The fraction of sp³-hybridized carbons (Fsp3) is 0.333. The van der Waals surface area contributed by atoms with Crippen LogP contribution in [0, 0.1) is 0 Å². The van der Waals surface area contributed by atoms with Crippen LogP contribution < -0.4 is 0 Å². The van der Waals surface area contributed by atoms with Crippen LogP contribution in [0.1, 0.15) is 16.7 Å². The lowest BCUT2D eigenvalue weighted by Crippen LogP contribution is -2.46. The average Bonchev–Trinajstić information content (AvgIpc) is 2.75. The maximum atomic E-state index is 2.51. The van der Waals surface area contributed by atoms with Crippen molar-refractivity contribution in [1.82, 2.24) is 19.6 Å². The predicted molar refractivity (Wildman–Crippen MR) is 130 cm³/mol. The van der Waals surface area contributed by atoms with Crippen LogP contribution in [0.25, 0.3) is 0 Å². The normalized spacial score (nSPS) is 11.7. The third-order valence-corrected chi connectivity index (χ3v) is 5.21. The van der Waals surface area contributed by atoms with Crippen molar-refractivity contribution < 1.29 is 0 Å². The van der Waals surface area contributed by atoms with Gasteiger partial charge >= 0.3 is 0 Å². The minimum absolute atomic E-state index is 0.910. The van der Waals surface area contributed by atoms with Gasteiger partial charge in [0.05, 0.1) is 20.0 Å². The van der Waals surface area contributed by atoms with E-state index in [0.717, 1.165) is 39.6 Å². The van der Waals surface area contributed by atoms with E-state index in [1.807, 2.05) is 0 Å². The molecule has 0 radical (unpaired) electrons. The lowest BCUT2D eigenvalue weighted by atomic mass is 10.2. The zero-order valence-electron chi connectivity index (χ0n) is 19.2. The van der Waals surface area contributed by atoms with Crippen LogP contribution in [0.5, 0.6) is 0 Å². The van der Waals surface area contributed by atoms with Crippen molar-refractivity contribution >= 4 is 0 Å². The molecule has 3 rings (SSSR count). The third kappa shape index (κ3) is 8.64. The van der Waals surface area contributed by atoms with Gasteiger partial charge in [-0.05, 0) is 37.8 Å². The summed E-state index contributed by atoms with van der Waals surface area (Å²) in [5.41, 5.74) is 4.04. The molecule has 0 amide bonds. The Morgan fingerprint density at radius 3 is 0.935 bits per heavy atom. The fourth-order valence-corrected chi connectivity index (χ4v) is 3.99. The summed E-state index contributed by atoms with van der Waals surface area (Å²) in [6.45, 7) is 5.57. The largest absolute Gasteiger partial charge is 0.289 e. The van der Waals surface area contributed by atoms with Crippen molar-refractivity contribution in [2.24, 2.45) is 0 Å². The molecule has 3 aromatic carbocycles. The second-order valence-electron chi connectivity index (χ2n) is 8.59. The van der Waals surface area contributed by atoms with E-state index in [0.29, 0.717) is 0 Å². The van der Waals surface area contributed by atoms with Gasteiger partial charge < -0.3 is 0 Å². The Morgan fingerprint density at radius 1 is 0.419 bits per heavy atom. The van der Waals surface area contributed by atoms with Crippen LogP contribution in [0.2, 0.25) is 0 Å². The van der Waals surface area contributed by atoms with Crippen molar-refractivity contribution in [2.45, 2.75) is 19.6 Å². The summed E-state index contributed by atoms with van der Waals surface area (Å²) in [4.78, 5) is 9.68. The number of benzene rings is 3. The van der Waals surface area contributed by atoms with Gasteiger partial charge in [-0.25, -0.2) is 0 Å². The van der Waals surface area contributed by atoms with Crippen molar-refractivity contribution in [3.05, 3.63) is 108 Å². The van der Waals surface area contributed by atoms with Crippen LogP contribution in [0.15, 0.2) is 91.0 Å². The predicted octanol–water partition coefficient (Wildman–Crippen LogP) is 4.56. The molecule has 0 aliphatic carbocycles. The molecule has 0 spiro atoms. The van der Waals surface area contributed by atoms with Gasteiger partial charge in [0.1, 0.15) is 0 Å². The van der Waals surface area contributed by atoms with Crippen LogP contribution >= 0.6 is 0 Å². The molecule has 31 heavy (non-hydrogen) atoms. The van der Waals surface area contributed by atoms with E-state index in [1.54, 1.807) is 0 Å². The first-order valence-corrected chi connectivity index (χ1v) is 11.0. The minimum Gasteiger partial charge on any atom is -0.289 e. The molecule has 3 aromatic rings. The smallest absolute Gasteiger partial charge is 0.0531 e. The molecule has 0 N–H and O–H groups in total. The molecular formula is C27H36N4. The van der Waals surface area contributed by atoms with Crippen molar-refractivity contribution in [3.63, 3.8) is 0 Å². The maximum Gasteiger partial charge on any atom is 0.0531 e. The van der Waals surface area contributed by atoms with Crippen LogP contribution in [-0.4, -0.2) is 60.7 Å². The molecule has 4 heteroatoms. The molecule has 0 bridgehead atoms. The highest BCUT2D eigenvalue weighted by Gasteiger charge is 2.14. The van der Waals surface area contributed by atoms with Gasteiger partial charge in [-0.1, -0.05) is 91.0 Å². The summed E-state index contributed by atoms with van der Waals surface area (Å²) in [5.74, 6) is 0. The van der Waals surface area contributed by atoms with Crippen molar-refractivity contribution in [1.29, 1.82) is 0 Å². The van der Waals surface area contributed by atoms with Gasteiger partial charge in [0, 0.05) is 19.6 Å². The monoisotopic (exact) mass is 416 g/mol. The minimum atomic E-state index is 0.910. The van der Waals surface area contributed by atoms with Crippen LogP contribution in [-0.2, 0) is 19.6 Å². The summed E-state index contributed by atoms with van der Waals surface area (Å²) in [6, 6.07) is 32.1. The van der Waals surface area contributed by atoms with E-state index in [2.05, 4.69) is 132 Å². The highest BCUT2D eigenvalue weighted by molar-refractivity contribution is 5.15. The topological polar surface area (TPSA) is 13.0 Å². The SMILES string of the molecule is CN(Cc1ccccc1)CN(CN(C)Cc1ccccc1)CN(C)Cc1ccccc1. The molecule has 0 saturated carbocycles. The Morgan fingerprint density at radius 2 is 0.677 bits per heavy atom. The lowest BCUT2D eigenvalue weighted by molar-refractivity contribution is 0.0418. The Hall–Kier alpha value is -2.50. The summed E-state index contributed by atoms with van der Waals surface area (Å²) >= 11 is 0. The lowest BCUT2D eigenvalue weighted by Gasteiger charge is -2.34. The maximum absolute atomic E-state index is 2.51. The standard InChI is InChI=1S/C27H36N4/c1-28(19-25-13-7-4-8-14-25)22-31(23-29(2)20-26-15-9-5-10-16-26)24-30(3)21-27-17-11-6-12-18-27/h4-18H,19-24H2,1-3H3. The molecule has 0 atom stereocenters. The molecule has 0 aliphatic heterocycles. The quantitative estimate of drug-likeness (QED) is 0.401. The van der Waals surface area contributed by atoms with E-state index in [9.17, 15) is 0 Å². The van der Waals surface area contributed by atoms with Gasteiger partial charge in [0.25, 0.3) is 0 Å². The van der Waals surface area contributed by atoms with Gasteiger partial charge in [-0.2, -0.15) is 0 Å². The summed E-state index contributed by atoms with van der Waals surface area (Å²) in [7, 11) is 6.61. The van der Waals surface area contributed by atoms with Gasteiger partial charge in [0.15, 0.2) is 0 Å². The molecule has 0 aliphatic rings. The first-order chi connectivity index (χ1) is 15.1. The zero-order valence-corrected chi connectivity index (χ0v) is 19.2. The van der Waals surface area contributed by atoms with E-state index < -0.39 is 0 Å². The Kier molecular flexibility index (Phi) is 9.25. The molecule has 0 heterocycles. The Balaban J connectivity index is 1.60. The number of hydrogen-bond donors (Lipinski definition) is 0. The Bertz CT molecular complexity index is 736. The zero-order chi connectivity index (χ0) is 21.9. The van der Waals surface area contributed by atoms with E-state index in [1.165, 1.54) is 16.7 Å². The molecule has 0 unspecified atom stereocenters. The second-order valence-corrected chi connectivity index (χ2v) is 8.59. The fourth-order valence-electron chi connectivity index (χ4n) is 3.99. The highest BCUT2D eigenvalue weighted by atomic mass is 15.4. The number of nitrogens with zero attached hydrogens (tertiary/aromatic N) is 4. The van der Waals surface area contributed by atoms with E-state index in [4.69, 9.17) is 0 Å². The number of rotatable bonds is 12. The van der Waals surface area contributed by atoms with Gasteiger partial charge in [-0.3, -0.25) is 19.6 Å². The third-order valence-electron chi connectivity index (χ3n) is 5.21. The number of hydrogen-bond acceptors (Lipinski definition) is 4. The summed E-state index contributed by atoms with van der Waals surface area (Å²) < 4.78 is 0. The second kappa shape index (κ2) is 12.4. The average molecular weight is 417 g/mol. The molecule has 0 fully saturated rings.